The first kappa shape index (κ1) is 35.1. The Morgan fingerprint density at radius 2 is 1.12 bits per heavy atom. The normalized spacial score (nSPS) is 12.6. The van der Waals surface area contributed by atoms with Crippen LogP contribution in [0.2, 0.25) is 0 Å². The van der Waals surface area contributed by atoms with Gasteiger partial charge in [-0.25, -0.2) is 9.59 Å². The molecule has 42 heavy (non-hydrogen) atoms. The molecule has 1 aromatic heterocycles. The summed E-state index contributed by atoms with van der Waals surface area (Å²) in [5.74, 6) is -6.11. The van der Waals surface area contributed by atoms with Crippen LogP contribution in [-0.2, 0) is 19.2 Å². The van der Waals surface area contributed by atoms with Crippen molar-refractivity contribution in [1.29, 1.82) is 0 Å². The van der Waals surface area contributed by atoms with Crippen LogP contribution in [0.25, 0.3) is 0 Å². The van der Waals surface area contributed by atoms with Crippen LogP contribution in [-0.4, -0.2) is 109 Å². The van der Waals surface area contributed by atoms with Gasteiger partial charge < -0.3 is 52.7 Å². The number of fused-ring (bicyclic) bond motifs is 2. The maximum atomic E-state index is 13.0. The topological polar surface area (TPSA) is 313 Å². The fourth-order valence-electron chi connectivity index (χ4n) is 3.33. The van der Waals surface area contributed by atoms with Gasteiger partial charge in [0.1, 0.15) is 0 Å². The van der Waals surface area contributed by atoms with Crippen molar-refractivity contribution in [3.05, 3.63) is 52.8 Å². The van der Waals surface area contributed by atoms with E-state index in [9.17, 15) is 28.8 Å². The summed E-state index contributed by atoms with van der Waals surface area (Å²) in [6.07, 6.45) is -2.14. The first-order chi connectivity index (χ1) is 19.8. The number of hydrogen-bond donors (Lipinski definition) is 10. The lowest BCUT2D eigenvalue weighted by Crippen LogP contribution is -2.26. The molecule has 0 spiro atoms. The average molecular weight is 594 g/mol. The molecule has 3 rings (SSSR count). The number of carbonyl (C=O) groups is 6. The van der Waals surface area contributed by atoms with Crippen LogP contribution in [0.1, 0.15) is 44.7 Å². The zero-order valence-electron chi connectivity index (χ0n) is 22.0. The molecule has 2 atom stereocenters. The van der Waals surface area contributed by atoms with E-state index in [0.29, 0.717) is 59.8 Å². The summed E-state index contributed by atoms with van der Waals surface area (Å²) in [5, 5.41) is 54.5. The molecule has 2 unspecified atom stereocenters. The van der Waals surface area contributed by atoms with Gasteiger partial charge in [-0.2, -0.15) is 0 Å². The van der Waals surface area contributed by atoms with Crippen molar-refractivity contribution >= 4 is 46.8 Å². The van der Waals surface area contributed by atoms with Crippen LogP contribution in [0.5, 0.6) is 0 Å². The summed E-state index contributed by atoms with van der Waals surface area (Å²) in [5.41, 5.74) is 13.7. The van der Waals surface area contributed by atoms with Gasteiger partial charge >= 0.3 is 23.9 Å². The Hall–Kier alpha value is -4.97. The molecule has 0 bridgehead atoms. The summed E-state index contributed by atoms with van der Waals surface area (Å²) in [7, 11) is 0. The summed E-state index contributed by atoms with van der Waals surface area (Å²) in [4.78, 5) is 68.7. The molecule has 1 aliphatic carbocycles. The minimum atomic E-state index is -1.79. The summed E-state index contributed by atoms with van der Waals surface area (Å²) in [6.45, 7) is 1.85. The minimum Gasteiger partial charge on any atom is -0.481 e. The van der Waals surface area contributed by atoms with Crippen LogP contribution < -0.4 is 22.1 Å². The highest BCUT2D eigenvalue weighted by atomic mass is 16.4. The second kappa shape index (κ2) is 17.0. The third-order valence-corrected chi connectivity index (χ3v) is 5.20. The predicted molar refractivity (Wildman–Crippen MR) is 144 cm³/mol. The van der Waals surface area contributed by atoms with Crippen LogP contribution >= 0.6 is 0 Å². The highest BCUT2D eigenvalue weighted by Gasteiger charge is 2.34. The Morgan fingerprint density at radius 3 is 1.45 bits per heavy atom. The Bertz CT molecular complexity index is 1220. The standard InChI is InChI=1S/C17H19N5O2.2C4H6O5/c18-4-7-21-12-1-2-13(22-8-5-19)15-14(12)16(23)10-3-6-20-9-11(10)17(15)24;2*5-2(4(8)9)1-3(6)7/h1-3,6,9,21-22H,4-5,7-8,18-19H2;2*2,5H,1H2,(H,6,7)(H,8,9). The van der Waals surface area contributed by atoms with Gasteiger partial charge in [-0.1, -0.05) is 0 Å². The number of aliphatic hydroxyl groups excluding tert-OH is 2. The maximum absolute atomic E-state index is 13.0. The summed E-state index contributed by atoms with van der Waals surface area (Å²) < 4.78 is 0. The molecule has 1 aliphatic rings. The lowest BCUT2D eigenvalue weighted by Gasteiger charge is -2.23. The molecule has 17 heteroatoms. The third-order valence-electron chi connectivity index (χ3n) is 5.20. The first-order valence-corrected chi connectivity index (χ1v) is 12.1. The third kappa shape index (κ3) is 10.2. The van der Waals surface area contributed by atoms with E-state index in [0.717, 1.165) is 0 Å². The van der Waals surface area contributed by atoms with E-state index in [1.807, 2.05) is 0 Å². The fourth-order valence-corrected chi connectivity index (χ4v) is 3.33. The van der Waals surface area contributed by atoms with E-state index >= 15 is 0 Å². The molecule has 0 fully saturated rings. The fraction of sp³-hybridized carbons (Fsp3) is 0.320. The summed E-state index contributed by atoms with van der Waals surface area (Å²) in [6, 6.07) is 5.13. The highest BCUT2D eigenvalue weighted by Crippen LogP contribution is 2.36. The van der Waals surface area contributed by atoms with Gasteiger partial charge in [0.15, 0.2) is 23.8 Å². The monoisotopic (exact) mass is 593 g/mol. The number of aliphatic carboxylic acids is 4. The Kier molecular flexibility index (Phi) is 14.2. The van der Waals surface area contributed by atoms with Crippen LogP contribution in [0, 0.1) is 0 Å². The first-order valence-electron chi connectivity index (χ1n) is 12.1. The number of nitrogens with zero attached hydrogens (tertiary/aromatic N) is 1. The molecule has 2 aromatic rings. The number of ketones is 2. The highest BCUT2D eigenvalue weighted by molar-refractivity contribution is 6.31. The second-order valence-electron chi connectivity index (χ2n) is 8.32. The zero-order valence-corrected chi connectivity index (χ0v) is 22.0. The number of aromatic nitrogens is 1. The quantitative estimate of drug-likeness (QED) is 0.113. The molecular formula is C25H31N5O12. The Morgan fingerprint density at radius 1 is 0.714 bits per heavy atom. The number of nitrogens with two attached hydrogens (primary N) is 2. The zero-order chi connectivity index (χ0) is 32.0. The van der Waals surface area contributed by atoms with E-state index in [1.165, 1.54) is 12.4 Å². The molecule has 228 valence electrons. The molecule has 17 nitrogen and oxygen atoms in total. The minimum absolute atomic E-state index is 0.196. The van der Waals surface area contributed by atoms with Gasteiger partial charge in [0.2, 0.25) is 0 Å². The molecule has 1 heterocycles. The number of anilines is 2. The van der Waals surface area contributed by atoms with E-state index in [4.69, 9.17) is 42.1 Å². The van der Waals surface area contributed by atoms with Gasteiger partial charge in [0, 0.05) is 55.5 Å². The number of carboxylic acids is 4. The number of benzene rings is 1. The van der Waals surface area contributed by atoms with Crippen molar-refractivity contribution in [3.63, 3.8) is 0 Å². The van der Waals surface area contributed by atoms with Crippen molar-refractivity contribution in [2.45, 2.75) is 25.0 Å². The lowest BCUT2D eigenvalue weighted by molar-refractivity contribution is -0.153. The van der Waals surface area contributed by atoms with Crippen molar-refractivity contribution in [1.82, 2.24) is 4.98 Å². The number of rotatable bonds is 12. The molecule has 0 saturated carbocycles. The Labute approximate surface area is 237 Å². The number of carbonyl (C=O) groups excluding carboxylic acids is 2. The van der Waals surface area contributed by atoms with Gasteiger partial charge in [-0.3, -0.25) is 24.2 Å². The SMILES string of the molecule is NCCNc1ccc(NCCN)c2c1C(=O)c1ccncc1C2=O.O=C(O)CC(O)C(=O)O.O=C(O)CC(O)C(=O)O. The second-order valence-corrected chi connectivity index (χ2v) is 8.32. The van der Waals surface area contributed by atoms with Crippen molar-refractivity contribution in [3.8, 4) is 0 Å². The molecule has 1 aromatic carbocycles. The smallest absolute Gasteiger partial charge is 0.333 e. The van der Waals surface area contributed by atoms with E-state index < -0.39 is 48.9 Å². The van der Waals surface area contributed by atoms with Crippen LogP contribution in [0.3, 0.4) is 0 Å². The largest absolute Gasteiger partial charge is 0.481 e. The number of aliphatic hydroxyl groups is 2. The van der Waals surface area contributed by atoms with E-state index in [-0.39, 0.29) is 11.6 Å². The number of hydrogen-bond acceptors (Lipinski definition) is 13. The van der Waals surface area contributed by atoms with Gasteiger partial charge in [0.05, 0.1) is 29.5 Å². The summed E-state index contributed by atoms with van der Waals surface area (Å²) >= 11 is 0. The molecule has 0 radical (unpaired) electrons. The average Bonchev–Trinajstić information content (AvgIpc) is 2.93. The number of pyridine rings is 1. The van der Waals surface area contributed by atoms with E-state index in [2.05, 4.69) is 15.6 Å². The molecule has 0 saturated heterocycles. The number of nitrogens with one attached hydrogen (secondary N) is 2. The molecule has 0 aliphatic heterocycles. The van der Waals surface area contributed by atoms with Crippen molar-refractivity contribution < 1.29 is 59.4 Å². The lowest BCUT2D eigenvalue weighted by atomic mass is 9.83. The van der Waals surface area contributed by atoms with Gasteiger partial charge in [-0.05, 0) is 18.2 Å². The van der Waals surface area contributed by atoms with E-state index in [1.54, 1.807) is 18.2 Å². The van der Waals surface area contributed by atoms with Gasteiger partial charge in [0.25, 0.3) is 0 Å². The number of carboxylic acid groups (broad SMARTS) is 4. The van der Waals surface area contributed by atoms with Crippen LogP contribution in [0.15, 0.2) is 30.6 Å². The van der Waals surface area contributed by atoms with Crippen molar-refractivity contribution in [2.24, 2.45) is 11.5 Å². The Balaban J connectivity index is 0.000000405. The molecule has 0 amide bonds. The molecule has 12 N–H and O–H groups in total. The van der Waals surface area contributed by atoms with Gasteiger partial charge in [-0.15, -0.1) is 0 Å². The van der Waals surface area contributed by atoms with Crippen molar-refractivity contribution in [2.75, 3.05) is 36.8 Å². The maximum Gasteiger partial charge on any atom is 0.333 e. The van der Waals surface area contributed by atoms with Crippen LogP contribution in [0.4, 0.5) is 11.4 Å². The molecular weight excluding hydrogens is 562 g/mol. The predicted octanol–water partition coefficient (Wildman–Crippen LogP) is -1.59.